The molecule has 4 rings (SSSR count). The van der Waals surface area contributed by atoms with Crippen LogP contribution in [0.25, 0.3) is 11.1 Å². The van der Waals surface area contributed by atoms with Gasteiger partial charge in [0, 0.05) is 27.7 Å². The molecule has 0 aromatic heterocycles. The van der Waals surface area contributed by atoms with Gasteiger partial charge in [-0.2, -0.15) is 0 Å². The summed E-state index contributed by atoms with van der Waals surface area (Å²) >= 11 is 0. The van der Waals surface area contributed by atoms with Crippen LogP contribution in [-0.2, 0) is 49.3 Å². The van der Waals surface area contributed by atoms with E-state index in [1.165, 1.54) is 34.8 Å². The van der Waals surface area contributed by atoms with E-state index in [0.29, 0.717) is 17.7 Å². The summed E-state index contributed by atoms with van der Waals surface area (Å²) in [5.41, 5.74) is 4.74. The molecule has 1 heterocycles. The Morgan fingerprint density at radius 3 is 1.83 bits per heavy atom. The van der Waals surface area contributed by atoms with Crippen molar-refractivity contribution in [2.45, 2.75) is 64.6 Å². The number of fused-ring (bicyclic) bond motifs is 1. The highest BCUT2D eigenvalue weighted by molar-refractivity contribution is 5.69. The molecule has 42 heavy (non-hydrogen) atoms. The highest BCUT2D eigenvalue weighted by atomic mass is 16.7. The van der Waals surface area contributed by atoms with Crippen LogP contribution in [0.2, 0.25) is 0 Å². The molecule has 0 amide bonds. The smallest absolute Gasteiger partial charge is 0.303 e. The molecule has 3 aliphatic rings. The lowest BCUT2D eigenvalue weighted by atomic mass is 9.89. The van der Waals surface area contributed by atoms with Gasteiger partial charge in [-0.15, -0.1) is 0 Å². The molecule has 0 saturated carbocycles. The first-order valence-electron chi connectivity index (χ1n) is 13.5. The molecular weight excluding hydrogens is 544 g/mol. The zero-order valence-electron chi connectivity index (χ0n) is 24.2. The topological polar surface area (TPSA) is 124 Å². The molecule has 10 heteroatoms. The summed E-state index contributed by atoms with van der Waals surface area (Å²) < 4.78 is 33.9. The third-order valence-electron chi connectivity index (χ3n) is 6.74. The molecule has 1 aromatic rings. The van der Waals surface area contributed by atoms with E-state index in [9.17, 15) is 19.2 Å². The highest BCUT2D eigenvalue weighted by Crippen LogP contribution is 2.39. The van der Waals surface area contributed by atoms with Gasteiger partial charge in [-0.1, -0.05) is 48.5 Å². The van der Waals surface area contributed by atoms with Crippen molar-refractivity contribution in [2.24, 2.45) is 0 Å². The van der Waals surface area contributed by atoms with Crippen LogP contribution in [0.5, 0.6) is 5.75 Å². The third kappa shape index (κ3) is 7.64. The van der Waals surface area contributed by atoms with Crippen LogP contribution >= 0.6 is 0 Å². The quantitative estimate of drug-likeness (QED) is 0.270. The van der Waals surface area contributed by atoms with E-state index in [1.54, 1.807) is 6.07 Å². The molecule has 0 radical (unpaired) electrons. The van der Waals surface area contributed by atoms with Crippen LogP contribution in [-0.4, -0.2) is 62.0 Å². The van der Waals surface area contributed by atoms with Crippen molar-refractivity contribution in [3.05, 3.63) is 77.4 Å². The molecule has 1 saturated heterocycles. The van der Waals surface area contributed by atoms with Crippen LogP contribution in [0.3, 0.4) is 0 Å². The Morgan fingerprint density at radius 2 is 1.26 bits per heavy atom. The monoisotopic (exact) mass is 578 g/mol. The number of benzene rings is 1. The number of ether oxygens (including phenoxy) is 6. The molecule has 10 nitrogen and oxygen atoms in total. The first kappa shape index (κ1) is 30.5. The molecule has 222 valence electrons. The lowest BCUT2D eigenvalue weighted by molar-refractivity contribution is -0.254. The Labute approximate surface area is 244 Å². The lowest BCUT2D eigenvalue weighted by Crippen LogP contribution is -2.59. The summed E-state index contributed by atoms with van der Waals surface area (Å²) in [5, 5.41) is 0. The minimum Gasteiger partial charge on any atom is -0.497 e. The zero-order chi connectivity index (χ0) is 30.4. The molecule has 0 N–H and O–H groups in total. The maximum atomic E-state index is 12.3. The van der Waals surface area contributed by atoms with Crippen molar-refractivity contribution >= 4 is 23.9 Å². The average Bonchev–Trinajstić information content (AvgIpc) is 3.16. The molecule has 1 aromatic carbocycles. The van der Waals surface area contributed by atoms with Gasteiger partial charge in [-0.25, -0.2) is 0 Å². The summed E-state index contributed by atoms with van der Waals surface area (Å²) in [5.74, 6) is -2.09. The van der Waals surface area contributed by atoms with Gasteiger partial charge in [0.1, 0.15) is 24.6 Å². The van der Waals surface area contributed by atoms with Gasteiger partial charge in [0.15, 0.2) is 18.3 Å². The fraction of sp³-hybridized carbons (Fsp3) is 0.375. The standard InChI is InChI=1S/C32H34O10/c1-18(33)38-17-28-30(39-19(2)34)32(41-21(4)36)31(40-20(3)35)29(42-28)26-14-23(15-27(16-26)37-5)11-22-12-24-9-7-6-8-10-25(24)13-22/h6-10,12-16,28-32H,11,17H2,1-5H3/t28-,29+,30-,31+,32+/m1/s1. The fourth-order valence-electron chi connectivity index (χ4n) is 5.18. The predicted octanol–water partition coefficient (Wildman–Crippen LogP) is 4.19. The lowest BCUT2D eigenvalue weighted by Gasteiger charge is -2.44. The highest BCUT2D eigenvalue weighted by Gasteiger charge is 2.52. The molecule has 1 aliphatic heterocycles. The van der Waals surface area contributed by atoms with Crippen LogP contribution in [0.15, 0.2) is 60.7 Å². The van der Waals surface area contributed by atoms with E-state index in [1.807, 2.05) is 42.5 Å². The van der Waals surface area contributed by atoms with Gasteiger partial charge in [0.05, 0.1) is 7.11 Å². The van der Waals surface area contributed by atoms with Crippen LogP contribution in [0, 0.1) is 0 Å². The number of hydrogen-bond donors (Lipinski definition) is 0. The normalized spacial score (nSPS) is 21.7. The van der Waals surface area contributed by atoms with E-state index in [4.69, 9.17) is 28.4 Å². The maximum absolute atomic E-state index is 12.3. The van der Waals surface area contributed by atoms with Crippen molar-refractivity contribution < 1.29 is 47.6 Å². The van der Waals surface area contributed by atoms with Crippen molar-refractivity contribution in [3.8, 4) is 16.9 Å². The van der Waals surface area contributed by atoms with E-state index in [-0.39, 0.29) is 6.61 Å². The predicted molar refractivity (Wildman–Crippen MR) is 150 cm³/mol. The Balaban J connectivity index is 1.77. The number of carbonyl (C=O) groups excluding carboxylic acids is 4. The average molecular weight is 579 g/mol. The molecule has 0 bridgehead atoms. The van der Waals surface area contributed by atoms with Crippen LogP contribution in [0.4, 0.5) is 0 Å². The number of methoxy groups -OCH3 is 1. The van der Waals surface area contributed by atoms with Crippen LogP contribution < -0.4 is 4.74 Å². The van der Waals surface area contributed by atoms with Gasteiger partial charge < -0.3 is 28.4 Å². The Hall–Kier alpha value is -4.44. The molecular formula is C32H34O10. The molecule has 0 spiro atoms. The van der Waals surface area contributed by atoms with Gasteiger partial charge in [-0.3, -0.25) is 19.2 Å². The van der Waals surface area contributed by atoms with Gasteiger partial charge in [0.2, 0.25) is 0 Å². The summed E-state index contributed by atoms with van der Waals surface area (Å²) in [4.78, 5) is 48.2. The summed E-state index contributed by atoms with van der Waals surface area (Å²) in [7, 11) is 1.53. The Kier molecular flexibility index (Phi) is 9.80. The Morgan fingerprint density at radius 1 is 0.690 bits per heavy atom. The SMILES string of the molecule is COc1cc(Cc2cc3cccccc-3c2)cc([C@@H]2O[C@H](COC(C)=O)[C@@H](OC(C)=O)[C@H](OC(C)=O)[C@H]2OC(C)=O)c1. The zero-order valence-corrected chi connectivity index (χ0v) is 24.2. The van der Waals surface area contributed by atoms with Gasteiger partial charge in [0.25, 0.3) is 0 Å². The maximum Gasteiger partial charge on any atom is 0.303 e. The minimum absolute atomic E-state index is 0.303. The first-order chi connectivity index (χ1) is 20.0. The van der Waals surface area contributed by atoms with Gasteiger partial charge >= 0.3 is 23.9 Å². The Bertz CT molecular complexity index is 1390. The second-order valence-corrected chi connectivity index (χ2v) is 10.1. The van der Waals surface area contributed by atoms with E-state index >= 15 is 0 Å². The number of esters is 4. The van der Waals surface area contributed by atoms with Crippen molar-refractivity contribution in [2.75, 3.05) is 13.7 Å². The second kappa shape index (κ2) is 13.5. The number of hydrogen-bond acceptors (Lipinski definition) is 10. The molecule has 1 fully saturated rings. The van der Waals surface area contributed by atoms with Gasteiger partial charge in [-0.05, 0) is 46.4 Å². The van der Waals surface area contributed by atoms with Crippen molar-refractivity contribution in [1.29, 1.82) is 0 Å². The second-order valence-electron chi connectivity index (χ2n) is 10.1. The van der Waals surface area contributed by atoms with Crippen molar-refractivity contribution in [1.82, 2.24) is 0 Å². The molecule has 2 aliphatic carbocycles. The van der Waals surface area contributed by atoms with E-state index < -0.39 is 54.4 Å². The van der Waals surface area contributed by atoms with Crippen molar-refractivity contribution in [3.63, 3.8) is 0 Å². The summed E-state index contributed by atoms with van der Waals surface area (Å²) in [6.07, 6.45) is -5.17. The fourth-order valence-corrected chi connectivity index (χ4v) is 5.18. The third-order valence-corrected chi connectivity index (χ3v) is 6.74. The number of rotatable bonds is 9. The summed E-state index contributed by atoms with van der Waals surface area (Å²) in [6.45, 7) is 4.51. The molecule has 5 atom stereocenters. The minimum atomic E-state index is -1.26. The van der Waals surface area contributed by atoms with E-state index in [0.717, 1.165) is 22.3 Å². The number of carbonyl (C=O) groups is 4. The first-order valence-corrected chi connectivity index (χ1v) is 13.5. The van der Waals surface area contributed by atoms with E-state index in [2.05, 4.69) is 12.1 Å². The van der Waals surface area contributed by atoms with Crippen LogP contribution in [0.1, 0.15) is 50.5 Å². The molecule has 0 unspecified atom stereocenters. The summed E-state index contributed by atoms with van der Waals surface area (Å²) in [6, 6.07) is 19.8. The largest absolute Gasteiger partial charge is 0.497 e.